The number of carbonyl (C=O) groups is 2. The molecular weight excluding hydrogens is 328 g/mol. The van der Waals surface area contributed by atoms with E-state index in [0.717, 1.165) is 0 Å². The number of carbonyl (C=O) groups excluding carboxylic acids is 2. The predicted octanol–water partition coefficient (Wildman–Crippen LogP) is 3.86. The monoisotopic (exact) mass is 340 g/mol. The summed E-state index contributed by atoms with van der Waals surface area (Å²) in [6, 6.07) is 12.5. The van der Waals surface area contributed by atoms with Crippen LogP contribution in [0, 0.1) is 0 Å². The number of benzene rings is 2. The second-order valence-electron chi connectivity index (χ2n) is 5.13. The molecule has 120 valence electrons. The third-order valence-corrected chi connectivity index (χ3v) is 3.78. The normalized spacial score (nSPS) is 10.4. The van der Waals surface area contributed by atoms with E-state index in [9.17, 15) is 14.7 Å². The topological polar surface area (TPSA) is 82.2 Å². The number of rotatable bonds is 4. The highest BCUT2D eigenvalue weighted by atomic mass is 35.5. The lowest BCUT2D eigenvalue weighted by Gasteiger charge is -2.07. The third kappa shape index (κ3) is 3.31. The van der Waals surface area contributed by atoms with E-state index >= 15 is 0 Å². The number of halogens is 1. The molecule has 0 saturated heterocycles. The van der Waals surface area contributed by atoms with Gasteiger partial charge in [0.15, 0.2) is 5.78 Å². The first-order chi connectivity index (χ1) is 11.5. The lowest BCUT2D eigenvalue weighted by atomic mass is 10.0. The van der Waals surface area contributed by atoms with Crippen LogP contribution in [0.2, 0.25) is 5.02 Å². The van der Waals surface area contributed by atoms with Gasteiger partial charge in [-0.25, -0.2) is 0 Å². The highest BCUT2D eigenvalue weighted by molar-refractivity contribution is 6.32. The van der Waals surface area contributed by atoms with Crippen LogP contribution in [0.5, 0.6) is 5.75 Å². The Morgan fingerprint density at radius 2 is 1.67 bits per heavy atom. The Hall–Kier alpha value is -3.05. The van der Waals surface area contributed by atoms with Gasteiger partial charge in [0.25, 0.3) is 5.91 Å². The van der Waals surface area contributed by atoms with E-state index in [2.05, 4.69) is 10.3 Å². The fourth-order valence-corrected chi connectivity index (χ4v) is 2.37. The highest BCUT2D eigenvalue weighted by Crippen LogP contribution is 2.26. The van der Waals surface area contributed by atoms with Crippen LogP contribution in [-0.4, -0.2) is 21.8 Å². The average Bonchev–Trinajstić information content (AvgIpc) is 3.12. The van der Waals surface area contributed by atoms with E-state index in [1.807, 2.05) is 0 Å². The molecule has 3 N–H and O–H groups in total. The Morgan fingerprint density at radius 1 is 0.958 bits per heavy atom. The summed E-state index contributed by atoms with van der Waals surface area (Å²) < 4.78 is 0. The van der Waals surface area contributed by atoms with Crippen molar-refractivity contribution >= 4 is 29.0 Å². The number of ketones is 1. The lowest BCUT2D eigenvalue weighted by Crippen LogP contribution is -2.12. The van der Waals surface area contributed by atoms with Crippen molar-refractivity contribution in [3.63, 3.8) is 0 Å². The maximum Gasteiger partial charge on any atom is 0.255 e. The van der Waals surface area contributed by atoms with Crippen molar-refractivity contribution in [3.8, 4) is 5.75 Å². The SMILES string of the molecule is O=C(Nc1ccc(O)c(Cl)c1)c1ccc(C(=O)c2cc[nH]c2)cc1. The van der Waals surface area contributed by atoms with Crippen LogP contribution in [0.4, 0.5) is 5.69 Å². The molecule has 2 aromatic carbocycles. The number of H-pyrrole nitrogens is 1. The van der Waals surface area contributed by atoms with Crippen molar-refractivity contribution in [3.05, 3.63) is 82.6 Å². The molecule has 0 unspecified atom stereocenters. The number of hydrogen-bond acceptors (Lipinski definition) is 3. The van der Waals surface area contributed by atoms with Gasteiger partial charge < -0.3 is 15.4 Å². The quantitative estimate of drug-likeness (QED) is 0.498. The molecule has 5 nitrogen and oxygen atoms in total. The number of nitrogens with one attached hydrogen (secondary N) is 2. The van der Waals surface area contributed by atoms with Crippen molar-refractivity contribution in [2.75, 3.05) is 5.32 Å². The fourth-order valence-electron chi connectivity index (χ4n) is 2.19. The van der Waals surface area contributed by atoms with E-state index in [1.165, 1.54) is 12.1 Å². The Balaban J connectivity index is 1.74. The van der Waals surface area contributed by atoms with Crippen molar-refractivity contribution in [1.82, 2.24) is 4.98 Å². The Labute approximate surface area is 142 Å². The van der Waals surface area contributed by atoms with Crippen LogP contribution >= 0.6 is 11.6 Å². The fraction of sp³-hybridized carbons (Fsp3) is 0. The van der Waals surface area contributed by atoms with Gasteiger partial charge in [0.05, 0.1) is 5.02 Å². The zero-order valence-corrected chi connectivity index (χ0v) is 13.2. The van der Waals surface area contributed by atoms with Crippen molar-refractivity contribution < 1.29 is 14.7 Å². The number of aromatic hydroxyl groups is 1. The molecule has 3 rings (SSSR count). The van der Waals surface area contributed by atoms with Crippen LogP contribution in [0.25, 0.3) is 0 Å². The van der Waals surface area contributed by atoms with Gasteiger partial charge >= 0.3 is 0 Å². The molecule has 0 fully saturated rings. The highest BCUT2D eigenvalue weighted by Gasteiger charge is 2.12. The van der Waals surface area contributed by atoms with Crippen LogP contribution in [0.3, 0.4) is 0 Å². The molecule has 24 heavy (non-hydrogen) atoms. The molecule has 1 aromatic heterocycles. The van der Waals surface area contributed by atoms with Crippen LogP contribution < -0.4 is 5.32 Å². The number of anilines is 1. The average molecular weight is 341 g/mol. The van der Waals surface area contributed by atoms with Crippen LogP contribution in [0.1, 0.15) is 26.3 Å². The summed E-state index contributed by atoms with van der Waals surface area (Å²) >= 11 is 5.81. The molecule has 1 heterocycles. The number of phenols is 1. The van der Waals surface area contributed by atoms with E-state index in [-0.39, 0.29) is 22.5 Å². The van der Waals surface area contributed by atoms with Gasteiger partial charge in [-0.05, 0) is 36.4 Å². The first-order valence-corrected chi connectivity index (χ1v) is 7.50. The molecule has 0 bridgehead atoms. The summed E-state index contributed by atoms with van der Waals surface area (Å²) in [4.78, 5) is 27.2. The smallest absolute Gasteiger partial charge is 0.255 e. The molecule has 6 heteroatoms. The largest absolute Gasteiger partial charge is 0.506 e. The first kappa shape index (κ1) is 15.8. The molecule has 0 aliphatic rings. The predicted molar refractivity (Wildman–Crippen MR) is 91.7 cm³/mol. The maximum atomic E-state index is 12.2. The third-order valence-electron chi connectivity index (χ3n) is 3.47. The molecule has 1 amide bonds. The minimum atomic E-state index is -0.336. The standard InChI is InChI=1S/C18H13ClN2O3/c19-15-9-14(5-6-16(15)22)21-18(24)12-3-1-11(2-4-12)17(23)13-7-8-20-10-13/h1-10,20,22H,(H,21,24). The molecule has 3 aromatic rings. The summed E-state index contributed by atoms with van der Waals surface area (Å²) in [5.41, 5.74) is 1.94. The maximum absolute atomic E-state index is 12.2. The van der Waals surface area contributed by atoms with E-state index < -0.39 is 0 Å². The second kappa shape index (κ2) is 6.60. The number of aromatic nitrogens is 1. The van der Waals surface area contributed by atoms with Crippen LogP contribution in [0.15, 0.2) is 60.9 Å². The second-order valence-corrected chi connectivity index (χ2v) is 5.53. The summed E-state index contributed by atoms with van der Waals surface area (Å²) in [7, 11) is 0. The summed E-state index contributed by atoms with van der Waals surface area (Å²) in [5.74, 6) is -0.506. The minimum Gasteiger partial charge on any atom is -0.506 e. The van der Waals surface area contributed by atoms with Gasteiger partial charge in [-0.2, -0.15) is 0 Å². The lowest BCUT2D eigenvalue weighted by molar-refractivity contribution is 0.102. The van der Waals surface area contributed by atoms with Gasteiger partial charge in [-0.15, -0.1) is 0 Å². The molecule has 0 spiro atoms. The number of aromatic amines is 1. The summed E-state index contributed by atoms with van der Waals surface area (Å²) in [5, 5.41) is 12.2. The molecule has 0 radical (unpaired) electrons. The molecule has 0 aliphatic heterocycles. The number of amides is 1. The summed E-state index contributed by atoms with van der Waals surface area (Å²) in [6.45, 7) is 0. The first-order valence-electron chi connectivity index (χ1n) is 7.12. The van der Waals surface area contributed by atoms with Crippen molar-refractivity contribution in [2.24, 2.45) is 0 Å². The van der Waals surface area contributed by atoms with Gasteiger partial charge in [0, 0.05) is 34.8 Å². The van der Waals surface area contributed by atoms with Gasteiger partial charge in [0.1, 0.15) is 5.75 Å². The summed E-state index contributed by atoms with van der Waals surface area (Å²) in [6.07, 6.45) is 3.30. The molecular formula is C18H13ClN2O3. The molecule has 0 saturated carbocycles. The van der Waals surface area contributed by atoms with Crippen LogP contribution in [-0.2, 0) is 0 Å². The number of phenolic OH excluding ortho intramolecular Hbond substituents is 1. The Bertz CT molecular complexity index is 887. The van der Waals surface area contributed by atoms with E-state index in [1.54, 1.807) is 48.8 Å². The van der Waals surface area contributed by atoms with Gasteiger partial charge in [-0.1, -0.05) is 23.7 Å². The van der Waals surface area contributed by atoms with E-state index in [4.69, 9.17) is 11.6 Å². The Kier molecular flexibility index (Phi) is 4.35. The zero-order valence-electron chi connectivity index (χ0n) is 12.4. The molecule has 0 atom stereocenters. The minimum absolute atomic E-state index is 0.0534. The van der Waals surface area contributed by atoms with Gasteiger partial charge in [0.2, 0.25) is 0 Å². The number of hydrogen-bond donors (Lipinski definition) is 3. The van der Waals surface area contributed by atoms with E-state index in [0.29, 0.717) is 22.4 Å². The van der Waals surface area contributed by atoms with Gasteiger partial charge in [-0.3, -0.25) is 9.59 Å². The van der Waals surface area contributed by atoms with Crippen molar-refractivity contribution in [2.45, 2.75) is 0 Å². The zero-order chi connectivity index (χ0) is 17.1. The molecule has 0 aliphatic carbocycles. The Morgan fingerprint density at radius 3 is 2.29 bits per heavy atom. The van der Waals surface area contributed by atoms with Crippen molar-refractivity contribution in [1.29, 1.82) is 0 Å².